The standard InChI is InChI=1S/C17H26ClNO/c1-14(2)12-19-13-17(6-8-20-9-7-17)11-15-4-3-5-16(18)10-15/h3-5,10,14,19H,6-9,11-13H2,1-2H3. The summed E-state index contributed by atoms with van der Waals surface area (Å²) in [5.74, 6) is 0.693. The molecule has 1 aliphatic heterocycles. The predicted octanol–water partition coefficient (Wildman–Crippen LogP) is 3.92. The molecule has 2 nitrogen and oxygen atoms in total. The van der Waals surface area contributed by atoms with Gasteiger partial charge in [0.15, 0.2) is 0 Å². The van der Waals surface area contributed by atoms with E-state index in [2.05, 4.69) is 31.3 Å². The predicted molar refractivity (Wildman–Crippen MR) is 85.3 cm³/mol. The zero-order valence-corrected chi connectivity index (χ0v) is 13.4. The molecule has 1 aliphatic rings. The average molecular weight is 296 g/mol. The zero-order chi connectivity index (χ0) is 14.4. The van der Waals surface area contributed by atoms with Gasteiger partial charge in [-0.25, -0.2) is 0 Å². The Morgan fingerprint density at radius 3 is 2.70 bits per heavy atom. The van der Waals surface area contributed by atoms with Crippen LogP contribution in [0.2, 0.25) is 5.02 Å². The van der Waals surface area contributed by atoms with E-state index in [1.165, 1.54) is 5.56 Å². The minimum Gasteiger partial charge on any atom is -0.381 e. The van der Waals surface area contributed by atoms with Crippen LogP contribution in [0.1, 0.15) is 32.3 Å². The van der Waals surface area contributed by atoms with Crippen LogP contribution < -0.4 is 5.32 Å². The number of ether oxygens (including phenoxy) is 1. The van der Waals surface area contributed by atoms with Crippen molar-refractivity contribution in [1.29, 1.82) is 0 Å². The Morgan fingerprint density at radius 2 is 2.05 bits per heavy atom. The lowest BCUT2D eigenvalue weighted by molar-refractivity contribution is 0.0147. The van der Waals surface area contributed by atoms with Gasteiger partial charge in [-0.1, -0.05) is 37.6 Å². The lowest BCUT2D eigenvalue weighted by Gasteiger charge is -2.38. The van der Waals surface area contributed by atoms with Gasteiger partial charge in [0.2, 0.25) is 0 Å². The van der Waals surface area contributed by atoms with Gasteiger partial charge < -0.3 is 10.1 Å². The molecule has 1 saturated heterocycles. The second-order valence-corrected chi connectivity index (χ2v) is 6.88. The van der Waals surface area contributed by atoms with Gasteiger partial charge in [0, 0.05) is 24.8 Å². The lowest BCUT2D eigenvalue weighted by Crippen LogP contribution is -2.41. The summed E-state index contributed by atoms with van der Waals surface area (Å²) in [7, 11) is 0. The van der Waals surface area contributed by atoms with Crippen molar-refractivity contribution in [3.63, 3.8) is 0 Å². The number of hydrogen-bond acceptors (Lipinski definition) is 2. The van der Waals surface area contributed by atoms with E-state index in [0.29, 0.717) is 11.3 Å². The fraction of sp³-hybridized carbons (Fsp3) is 0.647. The Bertz CT molecular complexity index is 413. The van der Waals surface area contributed by atoms with E-state index >= 15 is 0 Å². The van der Waals surface area contributed by atoms with Crippen LogP contribution in [-0.4, -0.2) is 26.3 Å². The van der Waals surface area contributed by atoms with E-state index in [-0.39, 0.29) is 0 Å². The second-order valence-electron chi connectivity index (χ2n) is 6.44. The molecule has 0 atom stereocenters. The smallest absolute Gasteiger partial charge is 0.0471 e. The average Bonchev–Trinajstić information content (AvgIpc) is 2.39. The molecule has 0 amide bonds. The van der Waals surface area contributed by atoms with Crippen molar-refractivity contribution >= 4 is 11.6 Å². The molecular formula is C17H26ClNO. The summed E-state index contributed by atoms with van der Waals surface area (Å²) in [6.07, 6.45) is 3.34. The van der Waals surface area contributed by atoms with E-state index in [0.717, 1.165) is 50.6 Å². The zero-order valence-electron chi connectivity index (χ0n) is 12.6. The Morgan fingerprint density at radius 1 is 1.30 bits per heavy atom. The van der Waals surface area contributed by atoms with Gasteiger partial charge in [-0.05, 0) is 54.8 Å². The summed E-state index contributed by atoms with van der Waals surface area (Å²) in [4.78, 5) is 0. The van der Waals surface area contributed by atoms with Gasteiger partial charge in [0.1, 0.15) is 0 Å². The van der Waals surface area contributed by atoms with Crippen molar-refractivity contribution in [2.24, 2.45) is 11.3 Å². The SMILES string of the molecule is CC(C)CNCC1(Cc2cccc(Cl)c2)CCOCC1. The van der Waals surface area contributed by atoms with Crippen molar-refractivity contribution in [2.75, 3.05) is 26.3 Å². The molecule has 0 aromatic heterocycles. The van der Waals surface area contributed by atoms with Crippen molar-refractivity contribution < 1.29 is 4.74 Å². The molecule has 3 heteroatoms. The maximum Gasteiger partial charge on any atom is 0.0471 e. The van der Waals surface area contributed by atoms with Gasteiger partial charge in [-0.3, -0.25) is 0 Å². The molecule has 0 aliphatic carbocycles. The summed E-state index contributed by atoms with van der Waals surface area (Å²) in [6.45, 7) is 8.41. The summed E-state index contributed by atoms with van der Waals surface area (Å²) in [5.41, 5.74) is 1.66. The molecule has 0 bridgehead atoms. The number of rotatable bonds is 6. The van der Waals surface area contributed by atoms with Gasteiger partial charge in [0.25, 0.3) is 0 Å². The molecule has 112 valence electrons. The molecule has 0 saturated carbocycles. The fourth-order valence-electron chi connectivity index (χ4n) is 2.93. The van der Waals surface area contributed by atoms with E-state index in [1.807, 2.05) is 12.1 Å². The maximum absolute atomic E-state index is 6.11. The number of halogens is 1. The van der Waals surface area contributed by atoms with Gasteiger partial charge in [-0.2, -0.15) is 0 Å². The van der Waals surface area contributed by atoms with Crippen LogP contribution in [0.5, 0.6) is 0 Å². The summed E-state index contributed by atoms with van der Waals surface area (Å²) < 4.78 is 5.56. The third kappa shape index (κ3) is 4.76. The molecule has 1 aromatic rings. The van der Waals surface area contributed by atoms with Crippen LogP contribution in [-0.2, 0) is 11.2 Å². The molecular weight excluding hydrogens is 270 g/mol. The minimum atomic E-state index is 0.317. The van der Waals surface area contributed by atoms with Crippen molar-refractivity contribution in [2.45, 2.75) is 33.1 Å². The Labute approximate surface area is 127 Å². The van der Waals surface area contributed by atoms with Gasteiger partial charge >= 0.3 is 0 Å². The summed E-state index contributed by atoms with van der Waals surface area (Å²) in [6, 6.07) is 8.28. The molecule has 1 heterocycles. The minimum absolute atomic E-state index is 0.317. The Balaban J connectivity index is 2.02. The van der Waals surface area contributed by atoms with Crippen molar-refractivity contribution in [3.8, 4) is 0 Å². The first-order chi connectivity index (χ1) is 9.60. The molecule has 2 rings (SSSR count). The largest absolute Gasteiger partial charge is 0.381 e. The molecule has 1 aromatic carbocycles. The highest BCUT2D eigenvalue weighted by atomic mass is 35.5. The maximum atomic E-state index is 6.11. The lowest BCUT2D eigenvalue weighted by atomic mass is 9.75. The first-order valence-electron chi connectivity index (χ1n) is 7.63. The monoisotopic (exact) mass is 295 g/mol. The van der Waals surface area contributed by atoms with Gasteiger partial charge in [-0.15, -0.1) is 0 Å². The third-order valence-electron chi connectivity index (χ3n) is 4.07. The van der Waals surface area contributed by atoms with Crippen LogP contribution >= 0.6 is 11.6 Å². The number of hydrogen-bond donors (Lipinski definition) is 1. The Kier molecular flexibility index (Phi) is 5.88. The van der Waals surface area contributed by atoms with E-state index in [4.69, 9.17) is 16.3 Å². The van der Waals surface area contributed by atoms with Crippen LogP contribution in [0.3, 0.4) is 0 Å². The van der Waals surface area contributed by atoms with Crippen molar-refractivity contribution in [1.82, 2.24) is 5.32 Å². The first-order valence-corrected chi connectivity index (χ1v) is 8.00. The van der Waals surface area contributed by atoms with Gasteiger partial charge in [0.05, 0.1) is 0 Å². The van der Waals surface area contributed by atoms with E-state index < -0.39 is 0 Å². The molecule has 20 heavy (non-hydrogen) atoms. The highest BCUT2D eigenvalue weighted by Crippen LogP contribution is 2.34. The highest BCUT2D eigenvalue weighted by Gasteiger charge is 2.32. The molecule has 0 spiro atoms. The first kappa shape index (κ1) is 15.8. The quantitative estimate of drug-likeness (QED) is 0.859. The summed E-state index contributed by atoms with van der Waals surface area (Å²) in [5, 5.41) is 4.47. The topological polar surface area (TPSA) is 21.3 Å². The highest BCUT2D eigenvalue weighted by molar-refractivity contribution is 6.30. The fourth-order valence-corrected chi connectivity index (χ4v) is 3.14. The van der Waals surface area contributed by atoms with Crippen LogP contribution in [0, 0.1) is 11.3 Å². The molecule has 0 radical (unpaired) electrons. The van der Waals surface area contributed by atoms with Crippen LogP contribution in [0.15, 0.2) is 24.3 Å². The Hall–Kier alpha value is -0.570. The normalized spacial score (nSPS) is 18.4. The van der Waals surface area contributed by atoms with Crippen LogP contribution in [0.25, 0.3) is 0 Å². The number of benzene rings is 1. The second kappa shape index (κ2) is 7.44. The van der Waals surface area contributed by atoms with E-state index in [1.54, 1.807) is 0 Å². The van der Waals surface area contributed by atoms with Crippen molar-refractivity contribution in [3.05, 3.63) is 34.9 Å². The molecule has 0 unspecified atom stereocenters. The number of nitrogens with one attached hydrogen (secondary N) is 1. The van der Waals surface area contributed by atoms with Crippen LogP contribution in [0.4, 0.5) is 0 Å². The molecule has 1 N–H and O–H groups in total. The third-order valence-corrected chi connectivity index (χ3v) is 4.31. The molecule has 1 fully saturated rings. The summed E-state index contributed by atoms with van der Waals surface area (Å²) >= 11 is 6.11. The van der Waals surface area contributed by atoms with E-state index in [9.17, 15) is 0 Å².